The molecule has 0 spiro atoms. The number of benzene rings is 2. The predicted molar refractivity (Wildman–Crippen MR) is 72.5 cm³/mol. The number of rotatable bonds is 5. The molecule has 0 saturated heterocycles. The van der Waals surface area contributed by atoms with Crippen molar-refractivity contribution >= 4 is 16.6 Å². The van der Waals surface area contributed by atoms with Crippen molar-refractivity contribution in [2.45, 2.75) is 12.5 Å². The molecule has 2 N–H and O–H groups in total. The molecule has 2 aromatic carbocycles. The number of nitrogens with two attached hydrogens (primary N) is 1. The molecule has 1 atom stereocenters. The molecule has 0 fully saturated rings. The summed E-state index contributed by atoms with van der Waals surface area (Å²) in [5.41, 5.74) is 6.76. The fourth-order valence-corrected chi connectivity index (χ4v) is 2.04. The highest BCUT2D eigenvalue weighted by atomic mass is 16.5. The minimum Gasteiger partial charge on any atom is -0.383 e. The van der Waals surface area contributed by atoms with Crippen molar-refractivity contribution in [1.29, 1.82) is 0 Å². The number of ketones is 1. The number of carbonyl (C=O) groups excluding carboxylic acids is 1. The van der Waals surface area contributed by atoms with Gasteiger partial charge < -0.3 is 10.5 Å². The summed E-state index contributed by atoms with van der Waals surface area (Å²) in [6.45, 7) is 0.267. The van der Waals surface area contributed by atoms with E-state index in [1.54, 1.807) is 7.11 Å². The zero-order valence-corrected chi connectivity index (χ0v) is 10.4. The Morgan fingerprint density at radius 3 is 2.72 bits per heavy atom. The SMILES string of the molecule is COCC(N)C(=O)Cc1cccc2ccccc12. The zero-order valence-electron chi connectivity index (χ0n) is 10.4. The Hall–Kier alpha value is -1.71. The molecule has 0 radical (unpaired) electrons. The lowest BCUT2D eigenvalue weighted by Crippen LogP contribution is -2.35. The Bertz CT molecular complexity index is 546. The summed E-state index contributed by atoms with van der Waals surface area (Å²) in [5, 5.41) is 2.25. The summed E-state index contributed by atoms with van der Waals surface area (Å²) < 4.78 is 4.90. The first-order valence-corrected chi connectivity index (χ1v) is 5.96. The molecule has 18 heavy (non-hydrogen) atoms. The van der Waals surface area contributed by atoms with Crippen LogP contribution >= 0.6 is 0 Å². The molecule has 0 heterocycles. The van der Waals surface area contributed by atoms with Crippen molar-refractivity contribution in [2.75, 3.05) is 13.7 Å². The minimum absolute atomic E-state index is 0.00760. The van der Waals surface area contributed by atoms with Crippen LogP contribution in [-0.2, 0) is 16.0 Å². The number of hydrogen-bond acceptors (Lipinski definition) is 3. The van der Waals surface area contributed by atoms with Crippen LogP contribution < -0.4 is 5.73 Å². The van der Waals surface area contributed by atoms with Gasteiger partial charge in [-0.25, -0.2) is 0 Å². The molecule has 2 rings (SSSR count). The van der Waals surface area contributed by atoms with Gasteiger partial charge >= 0.3 is 0 Å². The highest BCUT2D eigenvalue weighted by molar-refractivity contribution is 5.92. The van der Waals surface area contributed by atoms with Crippen LogP contribution in [0.5, 0.6) is 0 Å². The third-order valence-electron chi connectivity index (χ3n) is 3.00. The number of ether oxygens (including phenoxy) is 1. The molecule has 2 aromatic rings. The molecule has 1 unspecified atom stereocenters. The quantitative estimate of drug-likeness (QED) is 0.873. The van der Waals surface area contributed by atoms with Crippen LogP contribution in [0.2, 0.25) is 0 Å². The van der Waals surface area contributed by atoms with E-state index in [2.05, 4.69) is 0 Å². The van der Waals surface area contributed by atoms with Gasteiger partial charge in [0.2, 0.25) is 0 Å². The van der Waals surface area contributed by atoms with Crippen LogP contribution in [0.1, 0.15) is 5.56 Å². The number of methoxy groups -OCH3 is 1. The van der Waals surface area contributed by atoms with Crippen molar-refractivity contribution in [1.82, 2.24) is 0 Å². The van der Waals surface area contributed by atoms with E-state index in [4.69, 9.17) is 10.5 Å². The monoisotopic (exact) mass is 243 g/mol. The Balaban J connectivity index is 2.24. The van der Waals surface area contributed by atoms with Crippen molar-refractivity contribution in [3.8, 4) is 0 Å². The Labute approximate surface area is 107 Å². The van der Waals surface area contributed by atoms with Crippen LogP contribution in [0.25, 0.3) is 10.8 Å². The second kappa shape index (κ2) is 5.76. The smallest absolute Gasteiger partial charge is 0.156 e. The van der Waals surface area contributed by atoms with Gasteiger partial charge in [-0.1, -0.05) is 42.5 Å². The number of fused-ring (bicyclic) bond motifs is 1. The summed E-state index contributed by atoms with van der Waals surface area (Å²) >= 11 is 0. The number of carbonyl (C=O) groups is 1. The van der Waals surface area contributed by atoms with E-state index in [1.807, 2.05) is 42.5 Å². The normalized spacial score (nSPS) is 12.6. The fraction of sp³-hybridized carbons (Fsp3) is 0.267. The van der Waals surface area contributed by atoms with Crippen LogP contribution in [0.4, 0.5) is 0 Å². The lowest BCUT2D eigenvalue weighted by molar-refractivity contribution is -0.120. The third kappa shape index (κ3) is 2.75. The Kier molecular flexibility index (Phi) is 4.07. The summed E-state index contributed by atoms with van der Waals surface area (Å²) in [5.74, 6) is 0.00760. The van der Waals surface area contributed by atoms with Crippen molar-refractivity contribution < 1.29 is 9.53 Å². The molecule has 0 amide bonds. The molecule has 0 aliphatic rings. The van der Waals surface area contributed by atoms with Crippen LogP contribution in [-0.4, -0.2) is 25.5 Å². The first-order valence-electron chi connectivity index (χ1n) is 5.96. The summed E-state index contributed by atoms with van der Waals surface area (Å²) in [4.78, 5) is 11.9. The van der Waals surface area contributed by atoms with Crippen molar-refractivity contribution in [2.24, 2.45) is 5.73 Å². The van der Waals surface area contributed by atoms with E-state index in [0.717, 1.165) is 16.3 Å². The number of hydrogen-bond donors (Lipinski definition) is 1. The van der Waals surface area contributed by atoms with Gasteiger partial charge in [0, 0.05) is 13.5 Å². The lowest BCUT2D eigenvalue weighted by atomic mass is 9.98. The van der Waals surface area contributed by atoms with E-state index < -0.39 is 6.04 Å². The van der Waals surface area contributed by atoms with E-state index in [-0.39, 0.29) is 12.4 Å². The lowest BCUT2D eigenvalue weighted by Gasteiger charge is -2.10. The molecule has 94 valence electrons. The first kappa shape index (κ1) is 12.7. The molecule has 3 nitrogen and oxygen atoms in total. The molecular weight excluding hydrogens is 226 g/mol. The van der Waals surface area contributed by atoms with Crippen LogP contribution in [0.3, 0.4) is 0 Å². The third-order valence-corrected chi connectivity index (χ3v) is 3.00. The first-order chi connectivity index (χ1) is 8.72. The van der Waals surface area contributed by atoms with Crippen LogP contribution in [0.15, 0.2) is 42.5 Å². The highest BCUT2D eigenvalue weighted by Gasteiger charge is 2.14. The second-order valence-corrected chi connectivity index (χ2v) is 4.34. The maximum Gasteiger partial charge on any atom is 0.156 e. The Morgan fingerprint density at radius 1 is 1.22 bits per heavy atom. The summed E-state index contributed by atoms with van der Waals surface area (Å²) in [6.07, 6.45) is 0.353. The van der Waals surface area contributed by atoms with Crippen LogP contribution in [0, 0.1) is 0 Å². The molecule has 0 bridgehead atoms. The molecule has 0 aliphatic carbocycles. The second-order valence-electron chi connectivity index (χ2n) is 4.34. The minimum atomic E-state index is -0.547. The van der Waals surface area contributed by atoms with Gasteiger partial charge in [0.15, 0.2) is 5.78 Å². The molecule has 0 aliphatic heterocycles. The average molecular weight is 243 g/mol. The van der Waals surface area contributed by atoms with Gasteiger partial charge in [0.1, 0.15) is 0 Å². The topological polar surface area (TPSA) is 52.3 Å². The molecular formula is C15H17NO2. The highest BCUT2D eigenvalue weighted by Crippen LogP contribution is 2.19. The largest absolute Gasteiger partial charge is 0.383 e. The van der Waals surface area contributed by atoms with Crippen molar-refractivity contribution in [3.63, 3.8) is 0 Å². The average Bonchev–Trinajstić information content (AvgIpc) is 2.39. The van der Waals surface area contributed by atoms with E-state index in [0.29, 0.717) is 6.42 Å². The zero-order chi connectivity index (χ0) is 13.0. The fourth-order valence-electron chi connectivity index (χ4n) is 2.04. The summed E-state index contributed by atoms with van der Waals surface area (Å²) in [6, 6.07) is 13.5. The molecule has 0 saturated carbocycles. The number of Topliss-reactive ketones (excluding diaryl/α,β-unsaturated/α-hetero) is 1. The standard InChI is InChI=1S/C15H17NO2/c1-18-10-14(16)15(17)9-12-7-4-6-11-5-2-3-8-13(11)12/h2-8,14H,9-10,16H2,1H3. The van der Waals surface area contributed by atoms with Gasteiger partial charge in [0.05, 0.1) is 12.6 Å². The van der Waals surface area contributed by atoms with Gasteiger partial charge in [-0.15, -0.1) is 0 Å². The Morgan fingerprint density at radius 2 is 1.94 bits per heavy atom. The van der Waals surface area contributed by atoms with Gasteiger partial charge in [-0.2, -0.15) is 0 Å². The van der Waals surface area contributed by atoms with Gasteiger partial charge in [-0.05, 0) is 16.3 Å². The predicted octanol–water partition coefficient (Wildman–Crippen LogP) is 1.93. The van der Waals surface area contributed by atoms with E-state index >= 15 is 0 Å². The van der Waals surface area contributed by atoms with E-state index in [1.165, 1.54) is 0 Å². The molecule has 0 aromatic heterocycles. The molecule has 3 heteroatoms. The summed E-state index contributed by atoms with van der Waals surface area (Å²) in [7, 11) is 1.55. The van der Waals surface area contributed by atoms with Gasteiger partial charge in [-0.3, -0.25) is 4.79 Å². The maximum absolute atomic E-state index is 11.9. The van der Waals surface area contributed by atoms with Gasteiger partial charge in [0.25, 0.3) is 0 Å². The van der Waals surface area contributed by atoms with Crippen molar-refractivity contribution in [3.05, 3.63) is 48.0 Å². The van der Waals surface area contributed by atoms with E-state index in [9.17, 15) is 4.79 Å². The maximum atomic E-state index is 11.9.